The Morgan fingerprint density at radius 3 is 2.38 bits per heavy atom. The Bertz CT molecular complexity index is 604. The van der Waals surface area contributed by atoms with Crippen molar-refractivity contribution in [1.82, 2.24) is 9.78 Å². The van der Waals surface area contributed by atoms with Crippen LogP contribution < -0.4 is 4.74 Å². The van der Waals surface area contributed by atoms with Crippen molar-refractivity contribution in [3.8, 4) is 5.75 Å². The van der Waals surface area contributed by atoms with Crippen molar-refractivity contribution in [1.29, 1.82) is 0 Å². The largest absolute Gasteiger partial charge is 0.489 e. The fraction of sp³-hybridized carbons (Fsp3) is 0.786. The first-order valence-corrected chi connectivity index (χ1v) is 9.76. The van der Waals surface area contributed by atoms with Crippen LogP contribution >= 0.6 is 10.7 Å². The molecular weight excluding hydrogens is 312 g/mol. The highest BCUT2D eigenvalue weighted by atomic mass is 35.7. The summed E-state index contributed by atoms with van der Waals surface area (Å²) < 4.78 is 30.8. The highest BCUT2D eigenvalue weighted by Crippen LogP contribution is 2.39. The molecule has 0 spiro atoms. The number of hydrogen-bond donors (Lipinski definition) is 0. The minimum Gasteiger partial charge on any atom is -0.489 e. The summed E-state index contributed by atoms with van der Waals surface area (Å²) in [4.78, 5) is 0. The molecule has 0 saturated heterocycles. The second-order valence-electron chi connectivity index (χ2n) is 6.16. The topological polar surface area (TPSA) is 61.2 Å². The molecule has 1 saturated carbocycles. The predicted molar refractivity (Wildman–Crippen MR) is 83.3 cm³/mol. The molecule has 120 valence electrons. The van der Waals surface area contributed by atoms with E-state index in [1.807, 2.05) is 20.9 Å². The number of hydrogen-bond acceptors (Lipinski definition) is 4. The van der Waals surface area contributed by atoms with E-state index in [1.165, 1.54) is 0 Å². The summed E-state index contributed by atoms with van der Waals surface area (Å²) in [6, 6.07) is 0. The molecular formula is C14H23ClN2O3S. The van der Waals surface area contributed by atoms with Gasteiger partial charge in [0, 0.05) is 23.1 Å². The summed E-state index contributed by atoms with van der Waals surface area (Å²) in [5, 5.41) is 4.32. The van der Waals surface area contributed by atoms with Crippen LogP contribution in [-0.4, -0.2) is 30.6 Å². The number of halogens is 1. The molecule has 0 aromatic carbocycles. The molecule has 1 aliphatic rings. The van der Waals surface area contributed by atoms with E-state index in [0.717, 1.165) is 49.2 Å². The van der Waals surface area contributed by atoms with Gasteiger partial charge in [0.2, 0.25) is 9.05 Å². The van der Waals surface area contributed by atoms with Gasteiger partial charge in [-0.3, -0.25) is 4.68 Å². The van der Waals surface area contributed by atoms with Crippen molar-refractivity contribution < 1.29 is 13.2 Å². The second-order valence-corrected chi connectivity index (χ2v) is 8.93. The Hall–Kier alpha value is -0.750. The minimum absolute atomic E-state index is 0.0140. The molecule has 0 bridgehead atoms. The molecule has 0 amide bonds. The van der Waals surface area contributed by atoms with Gasteiger partial charge in [0.05, 0.1) is 18.1 Å². The van der Waals surface area contributed by atoms with E-state index in [0.29, 0.717) is 6.61 Å². The van der Waals surface area contributed by atoms with Crippen molar-refractivity contribution in [2.75, 3.05) is 12.4 Å². The molecule has 0 unspecified atom stereocenters. The van der Waals surface area contributed by atoms with Crippen LogP contribution in [0.1, 0.15) is 43.5 Å². The molecule has 7 heteroatoms. The summed E-state index contributed by atoms with van der Waals surface area (Å²) in [5.74, 6) is 0.745. The molecule has 2 rings (SSSR count). The highest BCUT2D eigenvalue weighted by Gasteiger charge is 2.37. The van der Waals surface area contributed by atoms with E-state index < -0.39 is 9.05 Å². The van der Waals surface area contributed by atoms with Crippen LogP contribution in [0.5, 0.6) is 5.75 Å². The van der Waals surface area contributed by atoms with E-state index in [9.17, 15) is 8.42 Å². The van der Waals surface area contributed by atoms with E-state index in [4.69, 9.17) is 15.4 Å². The first kappa shape index (κ1) is 16.6. The Balaban J connectivity index is 2.16. The highest BCUT2D eigenvalue weighted by molar-refractivity contribution is 8.13. The maximum Gasteiger partial charge on any atom is 0.233 e. The molecule has 1 aliphatic carbocycles. The van der Waals surface area contributed by atoms with Gasteiger partial charge in [-0.1, -0.05) is 19.3 Å². The van der Waals surface area contributed by atoms with Crippen molar-refractivity contribution in [3.05, 3.63) is 11.4 Å². The van der Waals surface area contributed by atoms with Gasteiger partial charge in [0.1, 0.15) is 5.69 Å². The van der Waals surface area contributed by atoms with Crippen molar-refractivity contribution >= 4 is 19.7 Å². The smallest absolute Gasteiger partial charge is 0.233 e. The van der Waals surface area contributed by atoms with E-state index in [-0.39, 0.29) is 11.2 Å². The van der Waals surface area contributed by atoms with Crippen LogP contribution in [-0.2, 0) is 16.1 Å². The van der Waals surface area contributed by atoms with Gasteiger partial charge in [0.15, 0.2) is 5.75 Å². The van der Waals surface area contributed by atoms with Gasteiger partial charge < -0.3 is 4.74 Å². The average molecular weight is 335 g/mol. The molecule has 0 aliphatic heterocycles. The Morgan fingerprint density at radius 2 is 1.90 bits per heavy atom. The molecule has 1 heterocycles. The summed E-state index contributed by atoms with van der Waals surface area (Å²) in [5.41, 5.74) is 1.41. The zero-order chi connectivity index (χ0) is 15.7. The first-order chi connectivity index (χ1) is 9.72. The maximum atomic E-state index is 11.5. The van der Waals surface area contributed by atoms with Crippen LogP contribution in [0.3, 0.4) is 0 Å². The van der Waals surface area contributed by atoms with Crippen molar-refractivity contribution in [2.45, 2.75) is 46.0 Å². The van der Waals surface area contributed by atoms with Crippen LogP contribution in [0, 0.1) is 19.3 Å². The van der Waals surface area contributed by atoms with Crippen molar-refractivity contribution in [3.63, 3.8) is 0 Å². The quantitative estimate of drug-likeness (QED) is 0.777. The SMILES string of the molecule is Cc1nn(C)c(C)c1OCC1(CS(=O)(=O)Cl)CCCCC1. The van der Waals surface area contributed by atoms with Crippen molar-refractivity contribution in [2.24, 2.45) is 12.5 Å². The summed E-state index contributed by atoms with van der Waals surface area (Å²) in [7, 11) is 3.84. The molecule has 21 heavy (non-hydrogen) atoms. The zero-order valence-corrected chi connectivity index (χ0v) is 14.4. The second kappa shape index (κ2) is 6.16. The average Bonchev–Trinajstić information content (AvgIpc) is 2.60. The molecule has 0 radical (unpaired) electrons. The lowest BCUT2D eigenvalue weighted by atomic mass is 9.76. The number of ether oxygens (including phenoxy) is 1. The van der Waals surface area contributed by atoms with Gasteiger partial charge in [-0.15, -0.1) is 0 Å². The third-order valence-electron chi connectivity index (χ3n) is 4.36. The van der Waals surface area contributed by atoms with Crippen LogP contribution in [0.2, 0.25) is 0 Å². The predicted octanol–water partition coefficient (Wildman–Crippen LogP) is 2.93. The van der Waals surface area contributed by atoms with Gasteiger partial charge >= 0.3 is 0 Å². The number of aryl methyl sites for hydroxylation is 2. The fourth-order valence-corrected chi connectivity index (χ4v) is 4.98. The molecule has 1 aromatic heterocycles. The first-order valence-electron chi connectivity index (χ1n) is 7.28. The third kappa shape index (κ3) is 4.13. The lowest BCUT2D eigenvalue weighted by Gasteiger charge is -2.35. The molecule has 5 nitrogen and oxygen atoms in total. The molecule has 1 aromatic rings. The number of aromatic nitrogens is 2. The van der Waals surface area contributed by atoms with Gasteiger partial charge in [-0.05, 0) is 26.7 Å². The van der Waals surface area contributed by atoms with Crippen LogP contribution in [0.25, 0.3) is 0 Å². The Kier molecular flexibility index (Phi) is 4.88. The van der Waals surface area contributed by atoms with Crippen LogP contribution in [0.15, 0.2) is 0 Å². The Labute approximate surface area is 131 Å². The summed E-state index contributed by atoms with van der Waals surface area (Å²) in [6.07, 6.45) is 4.89. The standard InChI is InChI=1S/C14H23ClN2O3S/c1-11-13(12(2)17(3)16-11)20-9-14(10-21(15,18)19)7-5-4-6-8-14/h4-10H2,1-3H3. The van der Waals surface area contributed by atoms with E-state index >= 15 is 0 Å². The molecule has 0 atom stereocenters. The van der Waals surface area contributed by atoms with Crippen LogP contribution in [0.4, 0.5) is 0 Å². The van der Waals surface area contributed by atoms with Gasteiger partial charge in [-0.2, -0.15) is 5.10 Å². The zero-order valence-electron chi connectivity index (χ0n) is 12.9. The lowest BCUT2D eigenvalue weighted by Crippen LogP contribution is -2.37. The van der Waals surface area contributed by atoms with E-state index in [2.05, 4.69) is 5.10 Å². The van der Waals surface area contributed by atoms with Gasteiger partial charge in [-0.25, -0.2) is 8.42 Å². The normalized spacial score (nSPS) is 18.7. The summed E-state index contributed by atoms with van der Waals surface area (Å²) >= 11 is 0. The maximum absolute atomic E-state index is 11.5. The number of rotatable bonds is 5. The molecule has 1 fully saturated rings. The Morgan fingerprint density at radius 1 is 1.29 bits per heavy atom. The third-order valence-corrected chi connectivity index (χ3v) is 5.64. The number of nitrogens with zero attached hydrogens (tertiary/aromatic N) is 2. The van der Waals surface area contributed by atoms with E-state index in [1.54, 1.807) is 4.68 Å². The fourth-order valence-electron chi connectivity index (χ4n) is 3.19. The van der Waals surface area contributed by atoms with Gasteiger partial charge in [0.25, 0.3) is 0 Å². The minimum atomic E-state index is -3.53. The summed E-state index contributed by atoms with van der Waals surface area (Å²) in [6.45, 7) is 4.22. The lowest BCUT2D eigenvalue weighted by molar-refractivity contribution is 0.118. The monoisotopic (exact) mass is 334 g/mol. The molecule has 0 N–H and O–H groups in total.